The maximum absolute atomic E-state index is 13.4. The summed E-state index contributed by atoms with van der Waals surface area (Å²) >= 11 is 6.21. The summed E-state index contributed by atoms with van der Waals surface area (Å²) in [5, 5.41) is 6.74. The number of anilines is 1. The second kappa shape index (κ2) is 6.83. The summed E-state index contributed by atoms with van der Waals surface area (Å²) in [5.74, 6) is -2.11. The van der Waals surface area contributed by atoms with Gasteiger partial charge in [0.1, 0.15) is 5.54 Å². The molecule has 4 atom stereocenters. The monoisotopic (exact) mass is 405 g/mol. The highest BCUT2D eigenvalue weighted by molar-refractivity contribution is 6.31. The van der Waals surface area contributed by atoms with Crippen molar-refractivity contribution in [3.8, 4) is 0 Å². The molecule has 0 unspecified atom stereocenters. The minimum atomic E-state index is -1.28. The number of hydrogen-bond donors (Lipinski definition) is 2. The van der Waals surface area contributed by atoms with E-state index in [0.29, 0.717) is 35.8 Å². The van der Waals surface area contributed by atoms with E-state index >= 15 is 0 Å². The highest BCUT2D eigenvalue weighted by Crippen LogP contribution is 2.54. The van der Waals surface area contributed by atoms with E-state index in [1.807, 2.05) is 13.8 Å². The number of carbonyl (C=O) groups is 3. The normalized spacial score (nSPS) is 31.1. The van der Waals surface area contributed by atoms with E-state index in [1.54, 1.807) is 25.3 Å². The van der Waals surface area contributed by atoms with E-state index in [1.165, 1.54) is 4.90 Å². The van der Waals surface area contributed by atoms with Gasteiger partial charge in [-0.3, -0.25) is 24.6 Å². The fraction of sp³-hybridized carbons (Fsp3) is 0.550. The number of amides is 3. The topological polar surface area (TPSA) is 87.7 Å². The van der Waals surface area contributed by atoms with Gasteiger partial charge in [0.2, 0.25) is 17.7 Å². The summed E-state index contributed by atoms with van der Waals surface area (Å²) in [6.45, 7) is 4.74. The van der Waals surface area contributed by atoms with Gasteiger partial charge >= 0.3 is 0 Å². The molecule has 2 saturated heterocycles. The Kier molecular flexibility index (Phi) is 4.72. The minimum absolute atomic E-state index is 0.0681. The zero-order valence-electron chi connectivity index (χ0n) is 16.1. The number of ether oxygens (including phenoxy) is 1. The van der Waals surface area contributed by atoms with Gasteiger partial charge in [0, 0.05) is 42.6 Å². The van der Waals surface area contributed by atoms with E-state index in [-0.39, 0.29) is 29.7 Å². The first-order valence-corrected chi connectivity index (χ1v) is 9.94. The van der Waals surface area contributed by atoms with Crippen molar-refractivity contribution in [2.75, 3.05) is 25.6 Å². The molecule has 7 nitrogen and oxygen atoms in total. The summed E-state index contributed by atoms with van der Waals surface area (Å²) in [6, 6.07) is 4.86. The van der Waals surface area contributed by atoms with Gasteiger partial charge in [-0.15, -0.1) is 0 Å². The number of rotatable bonds is 5. The summed E-state index contributed by atoms with van der Waals surface area (Å²) in [6.07, 6.45) is 0.564. The molecule has 3 aliphatic heterocycles. The molecule has 3 amide bonds. The first kappa shape index (κ1) is 19.4. The van der Waals surface area contributed by atoms with Crippen LogP contribution in [-0.2, 0) is 24.7 Å². The van der Waals surface area contributed by atoms with Crippen LogP contribution in [0.1, 0.15) is 25.8 Å². The van der Waals surface area contributed by atoms with Crippen molar-refractivity contribution in [3.05, 3.63) is 28.8 Å². The number of methoxy groups -OCH3 is 1. The molecule has 4 rings (SSSR count). The van der Waals surface area contributed by atoms with Gasteiger partial charge in [-0.25, -0.2) is 0 Å². The third-order valence-corrected chi connectivity index (χ3v) is 6.39. The number of carbonyl (C=O) groups excluding carboxylic acids is 3. The van der Waals surface area contributed by atoms with Crippen LogP contribution >= 0.6 is 11.6 Å². The van der Waals surface area contributed by atoms with Crippen LogP contribution in [0.5, 0.6) is 0 Å². The van der Waals surface area contributed by atoms with Crippen LogP contribution < -0.4 is 10.6 Å². The lowest BCUT2D eigenvalue weighted by Crippen LogP contribution is -2.54. The molecule has 0 aliphatic carbocycles. The third-order valence-electron chi connectivity index (χ3n) is 6.15. The molecule has 0 radical (unpaired) electrons. The number of likely N-dealkylation sites (tertiary alicyclic amines) is 1. The lowest BCUT2D eigenvalue weighted by Gasteiger charge is -2.30. The molecule has 0 bridgehead atoms. The Morgan fingerprint density at radius 3 is 2.68 bits per heavy atom. The maximum Gasteiger partial charge on any atom is 0.250 e. The van der Waals surface area contributed by atoms with Gasteiger partial charge in [-0.05, 0) is 30.5 Å². The molecule has 2 fully saturated rings. The molecule has 150 valence electrons. The van der Waals surface area contributed by atoms with Crippen molar-refractivity contribution in [1.29, 1.82) is 0 Å². The molecule has 0 aromatic heterocycles. The highest BCUT2D eigenvalue weighted by atomic mass is 35.5. The van der Waals surface area contributed by atoms with E-state index in [0.717, 1.165) is 0 Å². The maximum atomic E-state index is 13.4. The molecule has 1 spiro atoms. The first-order chi connectivity index (χ1) is 13.3. The number of hydrogen-bond acceptors (Lipinski definition) is 5. The lowest BCUT2D eigenvalue weighted by molar-refractivity contribution is -0.143. The predicted octanol–water partition coefficient (Wildman–Crippen LogP) is 1.75. The molecule has 28 heavy (non-hydrogen) atoms. The standard InChI is InChI=1S/C20H24ClN3O4/c1-10(2)16-14-15(18(26)24(17(14)25)7-4-8-28-3)20(23-16)12-9-11(21)5-6-13(12)22-19(20)27/h5-6,9-10,14-16,23H,4,7-8H2,1-3H3,(H,22,27)/t14-,15+,16-,20+/m1/s1. The lowest BCUT2D eigenvalue weighted by atomic mass is 9.76. The Bertz CT molecular complexity index is 858. The fourth-order valence-corrected chi connectivity index (χ4v) is 5.10. The number of benzene rings is 1. The van der Waals surface area contributed by atoms with Crippen molar-refractivity contribution in [2.24, 2.45) is 17.8 Å². The average Bonchev–Trinajstić information content (AvgIpc) is 3.23. The molecular weight excluding hydrogens is 382 g/mol. The van der Waals surface area contributed by atoms with Crippen LogP contribution in [0.4, 0.5) is 5.69 Å². The molecule has 2 N–H and O–H groups in total. The molecule has 1 aromatic rings. The van der Waals surface area contributed by atoms with Crippen LogP contribution in [0.15, 0.2) is 18.2 Å². The van der Waals surface area contributed by atoms with Gasteiger partial charge < -0.3 is 10.1 Å². The van der Waals surface area contributed by atoms with Gasteiger partial charge in [-0.2, -0.15) is 0 Å². The predicted molar refractivity (Wildman–Crippen MR) is 104 cm³/mol. The molecule has 1 aromatic carbocycles. The van der Waals surface area contributed by atoms with Gasteiger partial charge in [0.05, 0.1) is 11.8 Å². The first-order valence-electron chi connectivity index (χ1n) is 9.56. The van der Waals surface area contributed by atoms with Crippen LogP contribution in [0.3, 0.4) is 0 Å². The number of halogens is 1. The largest absolute Gasteiger partial charge is 0.385 e. The number of imide groups is 1. The van der Waals surface area contributed by atoms with E-state index in [2.05, 4.69) is 10.6 Å². The zero-order chi connectivity index (χ0) is 20.2. The molecule has 3 heterocycles. The smallest absolute Gasteiger partial charge is 0.250 e. The average molecular weight is 406 g/mol. The van der Waals surface area contributed by atoms with Crippen LogP contribution in [0.2, 0.25) is 5.02 Å². The summed E-state index contributed by atoms with van der Waals surface area (Å²) in [4.78, 5) is 41.1. The third kappa shape index (κ3) is 2.53. The van der Waals surface area contributed by atoms with Crippen LogP contribution in [0, 0.1) is 17.8 Å². The minimum Gasteiger partial charge on any atom is -0.385 e. The van der Waals surface area contributed by atoms with Crippen molar-refractivity contribution in [1.82, 2.24) is 10.2 Å². The van der Waals surface area contributed by atoms with Crippen molar-refractivity contribution < 1.29 is 19.1 Å². The Morgan fingerprint density at radius 1 is 1.25 bits per heavy atom. The van der Waals surface area contributed by atoms with E-state index < -0.39 is 17.4 Å². The quantitative estimate of drug-likeness (QED) is 0.575. The van der Waals surface area contributed by atoms with E-state index in [9.17, 15) is 14.4 Å². The molecule has 3 aliphatic rings. The van der Waals surface area contributed by atoms with Gasteiger partial charge in [0.25, 0.3) is 0 Å². The highest BCUT2D eigenvalue weighted by Gasteiger charge is 2.70. The van der Waals surface area contributed by atoms with Crippen LogP contribution in [-0.4, -0.2) is 48.9 Å². The van der Waals surface area contributed by atoms with Crippen molar-refractivity contribution >= 4 is 35.0 Å². The van der Waals surface area contributed by atoms with Crippen LogP contribution in [0.25, 0.3) is 0 Å². The van der Waals surface area contributed by atoms with E-state index in [4.69, 9.17) is 16.3 Å². The molecule has 0 saturated carbocycles. The summed E-state index contributed by atoms with van der Waals surface area (Å²) in [5.41, 5.74) is -0.00560. The second-order valence-electron chi connectivity index (χ2n) is 8.04. The Labute approximate surface area is 168 Å². The number of nitrogens with one attached hydrogen (secondary N) is 2. The number of nitrogens with zero attached hydrogens (tertiary/aromatic N) is 1. The van der Waals surface area contributed by atoms with Gasteiger partial charge in [0.15, 0.2) is 0 Å². The Morgan fingerprint density at radius 2 is 2.00 bits per heavy atom. The fourth-order valence-electron chi connectivity index (χ4n) is 4.93. The number of fused-ring (bicyclic) bond motifs is 4. The molecular formula is C20H24ClN3O4. The SMILES string of the molecule is COCCCN1C(=O)[C@H]2[C@@H](C(C)C)N[C@]3(C(=O)Nc4ccc(Cl)cc43)[C@@H]2C1=O. The summed E-state index contributed by atoms with van der Waals surface area (Å²) in [7, 11) is 1.58. The Hall–Kier alpha value is -1.96. The summed E-state index contributed by atoms with van der Waals surface area (Å²) < 4.78 is 5.06. The Balaban J connectivity index is 1.81. The second-order valence-corrected chi connectivity index (χ2v) is 8.48. The van der Waals surface area contributed by atoms with Crippen molar-refractivity contribution in [3.63, 3.8) is 0 Å². The molecule has 8 heteroatoms. The van der Waals surface area contributed by atoms with Gasteiger partial charge in [-0.1, -0.05) is 25.4 Å². The van der Waals surface area contributed by atoms with Crippen molar-refractivity contribution in [2.45, 2.75) is 31.8 Å². The zero-order valence-corrected chi connectivity index (χ0v) is 16.9.